The maximum Gasteiger partial charge on any atom is 0.222 e. The van der Waals surface area contributed by atoms with Gasteiger partial charge in [0.2, 0.25) is 5.91 Å². The first-order chi connectivity index (χ1) is 10.7. The molecule has 2 N–H and O–H groups in total. The van der Waals surface area contributed by atoms with E-state index in [0.717, 1.165) is 31.3 Å². The third kappa shape index (κ3) is 2.56. The van der Waals surface area contributed by atoms with Crippen LogP contribution in [0.2, 0.25) is 0 Å². The Kier molecular flexibility index (Phi) is 3.69. The van der Waals surface area contributed by atoms with Crippen molar-refractivity contribution in [2.45, 2.75) is 44.1 Å². The van der Waals surface area contributed by atoms with E-state index >= 15 is 0 Å². The molecular formula is C19H26N2O. The van der Waals surface area contributed by atoms with Crippen LogP contribution in [0.25, 0.3) is 0 Å². The number of nitrogens with zero attached hydrogens (tertiary/aromatic N) is 1. The number of fused-ring (bicyclic) bond motifs is 2. The number of rotatable bonds is 3. The van der Waals surface area contributed by atoms with Crippen molar-refractivity contribution in [3.8, 4) is 0 Å². The number of carbonyl (C=O) groups excluding carboxylic acids is 1. The average molecular weight is 298 g/mol. The van der Waals surface area contributed by atoms with Crippen molar-refractivity contribution in [3.05, 3.63) is 35.9 Å². The number of hydrogen-bond donors (Lipinski definition) is 1. The zero-order chi connectivity index (χ0) is 15.1. The lowest BCUT2D eigenvalue weighted by Crippen LogP contribution is -2.33. The summed E-state index contributed by atoms with van der Waals surface area (Å²) in [5, 5.41) is 0. The number of nitrogens with two attached hydrogens (primary N) is 1. The Bertz CT molecular complexity index is 544. The van der Waals surface area contributed by atoms with Crippen molar-refractivity contribution in [1.29, 1.82) is 0 Å². The molecule has 3 unspecified atom stereocenters. The Morgan fingerprint density at radius 1 is 1.14 bits per heavy atom. The third-order valence-corrected chi connectivity index (χ3v) is 6.27. The summed E-state index contributed by atoms with van der Waals surface area (Å²) < 4.78 is 0. The van der Waals surface area contributed by atoms with E-state index in [2.05, 4.69) is 24.3 Å². The van der Waals surface area contributed by atoms with Gasteiger partial charge in [0.1, 0.15) is 0 Å². The van der Waals surface area contributed by atoms with E-state index in [9.17, 15) is 4.79 Å². The van der Waals surface area contributed by atoms with Crippen molar-refractivity contribution in [2.24, 2.45) is 23.5 Å². The highest BCUT2D eigenvalue weighted by Crippen LogP contribution is 2.49. The molecule has 3 heteroatoms. The summed E-state index contributed by atoms with van der Waals surface area (Å²) in [6.45, 7) is 1.52. The molecule has 3 aliphatic rings. The summed E-state index contributed by atoms with van der Waals surface area (Å²) in [5.74, 6) is 3.03. The molecule has 4 rings (SSSR count). The van der Waals surface area contributed by atoms with Gasteiger partial charge in [-0.3, -0.25) is 4.79 Å². The zero-order valence-electron chi connectivity index (χ0n) is 13.2. The SMILES string of the molecule is N[C@@H]1CN(C(=O)CC2CC3CCC2C3)C[C@H]1c1ccccc1. The summed E-state index contributed by atoms with van der Waals surface area (Å²) >= 11 is 0. The standard InChI is InChI=1S/C19H26N2O/c20-18-12-21(11-17(18)14-4-2-1-3-5-14)19(22)10-16-9-13-6-7-15(16)8-13/h1-5,13,15-18H,6-12,20H2/t13?,15?,16?,17-,18+/m0/s1. The molecule has 1 amide bonds. The zero-order valence-corrected chi connectivity index (χ0v) is 13.2. The van der Waals surface area contributed by atoms with Gasteiger partial charge in [0.15, 0.2) is 0 Å². The highest BCUT2D eigenvalue weighted by Gasteiger charge is 2.42. The number of benzene rings is 1. The van der Waals surface area contributed by atoms with Gasteiger partial charge in [0.05, 0.1) is 0 Å². The van der Waals surface area contributed by atoms with Gasteiger partial charge >= 0.3 is 0 Å². The van der Waals surface area contributed by atoms with Gasteiger partial charge in [0.25, 0.3) is 0 Å². The van der Waals surface area contributed by atoms with Crippen LogP contribution in [0.4, 0.5) is 0 Å². The predicted octanol–water partition coefficient (Wildman–Crippen LogP) is 2.77. The molecule has 1 aromatic rings. The molecule has 118 valence electrons. The molecule has 5 atom stereocenters. The van der Waals surface area contributed by atoms with Gasteiger partial charge in [-0.25, -0.2) is 0 Å². The first-order valence-corrected chi connectivity index (χ1v) is 8.79. The molecule has 2 aliphatic carbocycles. The van der Waals surface area contributed by atoms with Crippen molar-refractivity contribution in [3.63, 3.8) is 0 Å². The lowest BCUT2D eigenvalue weighted by molar-refractivity contribution is -0.131. The molecule has 2 bridgehead atoms. The molecule has 0 spiro atoms. The maximum atomic E-state index is 12.7. The van der Waals surface area contributed by atoms with Gasteiger partial charge in [0, 0.05) is 31.5 Å². The van der Waals surface area contributed by atoms with Crippen molar-refractivity contribution >= 4 is 5.91 Å². The van der Waals surface area contributed by atoms with Crippen LogP contribution in [0.15, 0.2) is 30.3 Å². The average Bonchev–Trinajstić information content (AvgIpc) is 3.23. The van der Waals surface area contributed by atoms with E-state index in [4.69, 9.17) is 5.73 Å². The highest BCUT2D eigenvalue weighted by molar-refractivity contribution is 5.77. The molecule has 2 saturated carbocycles. The van der Waals surface area contributed by atoms with Crippen molar-refractivity contribution < 1.29 is 4.79 Å². The molecule has 3 nitrogen and oxygen atoms in total. The highest BCUT2D eigenvalue weighted by atomic mass is 16.2. The fourth-order valence-corrected chi connectivity index (χ4v) is 5.07. The van der Waals surface area contributed by atoms with E-state index < -0.39 is 0 Å². The number of carbonyl (C=O) groups is 1. The Labute approximate surface area is 132 Å². The van der Waals surface area contributed by atoms with E-state index in [1.807, 2.05) is 11.0 Å². The largest absolute Gasteiger partial charge is 0.340 e. The first kappa shape index (κ1) is 14.3. The van der Waals surface area contributed by atoms with Gasteiger partial charge in [-0.2, -0.15) is 0 Å². The maximum absolute atomic E-state index is 12.7. The quantitative estimate of drug-likeness (QED) is 0.932. The molecule has 0 aromatic heterocycles. The van der Waals surface area contributed by atoms with Crippen molar-refractivity contribution in [2.75, 3.05) is 13.1 Å². The first-order valence-electron chi connectivity index (χ1n) is 8.79. The molecular weight excluding hydrogens is 272 g/mol. The monoisotopic (exact) mass is 298 g/mol. The molecule has 1 aromatic carbocycles. The Hall–Kier alpha value is -1.35. The van der Waals surface area contributed by atoms with E-state index in [0.29, 0.717) is 17.7 Å². The van der Waals surface area contributed by atoms with Gasteiger partial charge in [-0.05, 0) is 42.6 Å². The van der Waals surface area contributed by atoms with Crippen LogP contribution in [0.5, 0.6) is 0 Å². The van der Waals surface area contributed by atoms with Crippen LogP contribution in [0.1, 0.15) is 43.6 Å². The Morgan fingerprint density at radius 3 is 2.64 bits per heavy atom. The smallest absolute Gasteiger partial charge is 0.222 e. The minimum Gasteiger partial charge on any atom is -0.340 e. The number of amides is 1. The molecule has 1 aliphatic heterocycles. The lowest BCUT2D eigenvalue weighted by Gasteiger charge is -2.24. The van der Waals surface area contributed by atoms with E-state index in [1.54, 1.807) is 0 Å². The molecule has 1 heterocycles. The molecule has 22 heavy (non-hydrogen) atoms. The summed E-state index contributed by atoms with van der Waals surface area (Å²) in [6.07, 6.45) is 6.19. The molecule has 1 saturated heterocycles. The fourth-order valence-electron chi connectivity index (χ4n) is 5.07. The minimum atomic E-state index is 0.0754. The summed E-state index contributed by atoms with van der Waals surface area (Å²) in [6, 6.07) is 10.5. The topological polar surface area (TPSA) is 46.3 Å². The number of hydrogen-bond acceptors (Lipinski definition) is 2. The van der Waals surface area contributed by atoms with Crippen LogP contribution in [0.3, 0.4) is 0 Å². The minimum absolute atomic E-state index is 0.0754. The second-order valence-electron chi connectivity index (χ2n) is 7.62. The molecule has 0 radical (unpaired) electrons. The van der Waals surface area contributed by atoms with Crippen LogP contribution in [-0.2, 0) is 4.79 Å². The predicted molar refractivity (Wildman–Crippen MR) is 87.3 cm³/mol. The van der Waals surface area contributed by atoms with Crippen LogP contribution < -0.4 is 5.73 Å². The van der Waals surface area contributed by atoms with Crippen molar-refractivity contribution in [1.82, 2.24) is 4.90 Å². The lowest BCUT2D eigenvalue weighted by atomic mass is 9.86. The second-order valence-corrected chi connectivity index (χ2v) is 7.62. The van der Waals surface area contributed by atoms with Gasteiger partial charge in [-0.1, -0.05) is 36.8 Å². The molecule has 3 fully saturated rings. The Morgan fingerprint density at radius 2 is 1.95 bits per heavy atom. The summed E-state index contributed by atoms with van der Waals surface area (Å²) in [4.78, 5) is 14.7. The van der Waals surface area contributed by atoms with Crippen LogP contribution in [-0.4, -0.2) is 29.9 Å². The van der Waals surface area contributed by atoms with Crippen LogP contribution in [0, 0.1) is 17.8 Å². The second kappa shape index (κ2) is 5.69. The van der Waals surface area contributed by atoms with E-state index in [1.165, 1.54) is 31.2 Å². The fraction of sp³-hybridized carbons (Fsp3) is 0.632. The van der Waals surface area contributed by atoms with Gasteiger partial charge < -0.3 is 10.6 Å². The van der Waals surface area contributed by atoms with Gasteiger partial charge in [-0.15, -0.1) is 0 Å². The summed E-state index contributed by atoms with van der Waals surface area (Å²) in [5.41, 5.74) is 7.58. The Balaban J connectivity index is 1.38. The summed E-state index contributed by atoms with van der Waals surface area (Å²) in [7, 11) is 0. The van der Waals surface area contributed by atoms with Crippen LogP contribution >= 0.6 is 0 Å². The third-order valence-electron chi connectivity index (χ3n) is 6.27. The number of likely N-dealkylation sites (tertiary alicyclic amines) is 1. The van der Waals surface area contributed by atoms with E-state index in [-0.39, 0.29) is 6.04 Å². The normalized spacial score (nSPS) is 37.0.